The maximum Gasteiger partial charge on any atom is 0.322 e. The van der Waals surface area contributed by atoms with Crippen molar-refractivity contribution >= 4 is 29.5 Å². The molecule has 0 saturated heterocycles. The number of hydrogen-bond donors (Lipinski definition) is 5. The molecule has 0 radical (unpaired) electrons. The summed E-state index contributed by atoms with van der Waals surface area (Å²) in [6.07, 6.45) is 1.52. The SMILES string of the molecule is CCCC(NC(=O)CN(C)CCCC(N)C(=O)O)C(=O)C(=O)NCC(=O)O. The van der Waals surface area contributed by atoms with E-state index < -0.39 is 48.2 Å². The highest BCUT2D eigenvalue weighted by molar-refractivity contribution is 6.38. The van der Waals surface area contributed by atoms with Gasteiger partial charge in [-0.1, -0.05) is 13.3 Å². The third-order valence-electron chi connectivity index (χ3n) is 3.64. The van der Waals surface area contributed by atoms with Crippen LogP contribution >= 0.6 is 0 Å². The molecule has 0 aromatic rings. The van der Waals surface area contributed by atoms with Crippen molar-refractivity contribution in [2.45, 2.75) is 44.7 Å². The molecule has 0 fully saturated rings. The van der Waals surface area contributed by atoms with Crippen LogP contribution in [0, 0.1) is 0 Å². The lowest BCUT2D eigenvalue weighted by Gasteiger charge is -2.20. The molecule has 11 heteroatoms. The molecule has 0 aromatic heterocycles. The first-order valence-electron chi connectivity index (χ1n) is 8.58. The molecule has 0 aliphatic heterocycles. The summed E-state index contributed by atoms with van der Waals surface area (Å²) in [5.74, 6) is -4.81. The summed E-state index contributed by atoms with van der Waals surface area (Å²) < 4.78 is 0. The molecular formula is C16H28N4O7. The molecule has 0 aliphatic rings. The summed E-state index contributed by atoms with van der Waals surface area (Å²) >= 11 is 0. The van der Waals surface area contributed by atoms with Crippen molar-refractivity contribution in [1.29, 1.82) is 0 Å². The standard InChI is InChI=1S/C16H28N4O7/c1-3-5-11(14(24)15(25)18-8-13(22)23)19-12(21)9-20(2)7-4-6-10(17)16(26)27/h10-11H,3-9,17H2,1-2H3,(H,18,25)(H,19,21)(H,22,23)(H,26,27). The van der Waals surface area contributed by atoms with Crippen molar-refractivity contribution in [2.24, 2.45) is 5.73 Å². The predicted octanol–water partition coefficient (Wildman–Crippen LogP) is -1.83. The van der Waals surface area contributed by atoms with Gasteiger partial charge in [-0.2, -0.15) is 0 Å². The zero-order chi connectivity index (χ0) is 21.0. The van der Waals surface area contributed by atoms with Gasteiger partial charge in [-0.15, -0.1) is 0 Å². The summed E-state index contributed by atoms with van der Waals surface area (Å²) in [4.78, 5) is 58.6. The number of Topliss-reactive ketones (excluding diaryl/α,β-unsaturated/α-hetero) is 1. The fourth-order valence-electron chi connectivity index (χ4n) is 2.23. The van der Waals surface area contributed by atoms with E-state index in [0.29, 0.717) is 19.4 Å². The molecule has 27 heavy (non-hydrogen) atoms. The molecule has 0 heterocycles. The van der Waals surface area contributed by atoms with E-state index in [2.05, 4.69) is 5.32 Å². The van der Waals surface area contributed by atoms with Crippen molar-refractivity contribution in [1.82, 2.24) is 15.5 Å². The van der Waals surface area contributed by atoms with Crippen LogP contribution in [0.15, 0.2) is 0 Å². The van der Waals surface area contributed by atoms with Crippen LogP contribution in [0.4, 0.5) is 0 Å². The van der Waals surface area contributed by atoms with E-state index in [1.165, 1.54) is 0 Å². The average Bonchev–Trinajstić information content (AvgIpc) is 2.58. The predicted molar refractivity (Wildman–Crippen MR) is 94.8 cm³/mol. The summed E-state index contributed by atoms with van der Waals surface area (Å²) in [5.41, 5.74) is 5.40. The van der Waals surface area contributed by atoms with E-state index in [-0.39, 0.29) is 19.4 Å². The van der Waals surface area contributed by atoms with Crippen molar-refractivity contribution in [2.75, 3.05) is 26.7 Å². The summed E-state index contributed by atoms with van der Waals surface area (Å²) in [6, 6.07) is -1.99. The Labute approximate surface area is 157 Å². The second-order valence-electron chi connectivity index (χ2n) is 6.17. The van der Waals surface area contributed by atoms with Gasteiger partial charge in [0.05, 0.1) is 12.6 Å². The van der Waals surface area contributed by atoms with Gasteiger partial charge < -0.3 is 26.6 Å². The minimum atomic E-state index is -1.28. The van der Waals surface area contributed by atoms with Gasteiger partial charge in [0.1, 0.15) is 12.6 Å². The summed E-state index contributed by atoms with van der Waals surface area (Å²) in [6.45, 7) is 1.48. The van der Waals surface area contributed by atoms with Gasteiger partial charge in [-0.05, 0) is 32.9 Å². The highest BCUT2D eigenvalue weighted by atomic mass is 16.4. The Morgan fingerprint density at radius 3 is 2.26 bits per heavy atom. The molecule has 11 nitrogen and oxygen atoms in total. The topological polar surface area (TPSA) is 179 Å². The first-order chi connectivity index (χ1) is 12.6. The quantitative estimate of drug-likeness (QED) is 0.214. The number of nitrogens with one attached hydrogen (secondary N) is 2. The Balaban J connectivity index is 4.48. The first kappa shape index (κ1) is 24.5. The number of rotatable bonds is 14. The number of nitrogens with zero attached hydrogens (tertiary/aromatic N) is 1. The Kier molecular flexibility index (Phi) is 11.6. The zero-order valence-electron chi connectivity index (χ0n) is 15.6. The molecule has 2 atom stereocenters. The molecule has 6 N–H and O–H groups in total. The van der Waals surface area contributed by atoms with Crippen LogP contribution < -0.4 is 16.4 Å². The fraction of sp³-hybridized carbons (Fsp3) is 0.688. The lowest BCUT2D eigenvalue weighted by Crippen LogP contribution is -2.50. The minimum absolute atomic E-state index is 0.0491. The van der Waals surface area contributed by atoms with Crippen LogP contribution in [0.3, 0.4) is 0 Å². The monoisotopic (exact) mass is 388 g/mol. The third-order valence-corrected chi connectivity index (χ3v) is 3.64. The lowest BCUT2D eigenvalue weighted by atomic mass is 10.1. The highest BCUT2D eigenvalue weighted by Crippen LogP contribution is 2.01. The van der Waals surface area contributed by atoms with Crippen LogP contribution in [0.25, 0.3) is 0 Å². The first-order valence-corrected chi connectivity index (χ1v) is 8.58. The van der Waals surface area contributed by atoms with Crippen LogP contribution in [-0.2, 0) is 24.0 Å². The normalized spacial score (nSPS) is 12.9. The maximum absolute atomic E-state index is 12.1. The second kappa shape index (κ2) is 12.8. The number of nitrogens with two attached hydrogens (primary N) is 1. The van der Waals surface area contributed by atoms with Gasteiger partial charge in [0.25, 0.3) is 5.91 Å². The van der Waals surface area contributed by atoms with Crippen molar-refractivity contribution in [3.63, 3.8) is 0 Å². The third kappa shape index (κ3) is 10.9. The molecule has 0 aliphatic carbocycles. The van der Waals surface area contributed by atoms with Gasteiger partial charge in [0, 0.05) is 0 Å². The smallest absolute Gasteiger partial charge is 0.322 e. The lowest BCUT2D eigenvalue weighted by molar-refractivity contribution is -0.142. The second-order valence-corrected chi connectivity index (χ2v) is 6.17. The number of amides is 2. The van der Waals surface area contributed by atoms with Crippen LogP contribution in [0.2, 0.25) is 0 Å². The Morgan fingerprint density at radius 2 is 1.74 bits per heavy atom. The van der Waals surface area contributed by atoms with Crippen LogP contribution in [0.5, 0.6) is 0 Å². The maximum atomic E-state index is 12.1. The number of likely N-dealkylation sites (N-methyl/N-ethyl adjacent to an activating group) is 1. The molecule has 0 spiro atoms. The number of aliphatic carboxylic acids is 2. The Morgan fingerprint density at radius 1 is 1.11 bits per heavy atom. The van der Waals surface area contributed by atoms with Gasteiger partial charge >= 0.3 is 11.9 Å². The molecule has 154 valence electrons. The van der Waals surface area contributed by atoms with Gasteiger partial charge in [-0.25, -0.2) is 0 Å². The molecule has 0 aromatic carbocycles. The van der Waals surface area contributed by atoms with Crippen molar-refractivity contribution in [3.8, 4) is 0 Å². The van der Waals surface area contributed by atoms with Gasteiger partial charge in [0.2, 0.25) is 11.7 Å². The van der Waals surface area contributed by atoms with E-state index in [0.717, 1.165) is 0 Å². The van der Waals surface area contributed by atoms with Crippen LogP contribution in [0.1, 0.15) is 32.6 Å². The van der Waals surface area contributed by atoms with E-state index in [1.807, 2.05) is 5.32 Å². The molecule has 0 saturated carbocycles. The average molecular weight is 388 g/mol. The summed E-state index contributed by atoms with van der Waals surface area (Å²) in [7, 11) is 1.65. The van der Waals surface area contributed by atoms with E-state index >= 15 is 0 Å². The van der Waals surface area contributed by atoms with Crippen molar-refractivity contribution < 1.29 is 34.2 Å². The number of carboxylic acid groups (broad SMARTS) is 2. The van der Waals surface area contributed by atoms with Crippen LogP contribution in [-0.4, -0.2) is 83.4 Å². The molecule has 0 bridgehead atoms. The number of hydrogen-bond acceptors (Lipinski definition) is 7. The van der Waals surface area contributed by atoms with Gasteiger partial charge in [-0.3, -0.25) is 28.9 Å². The van der Waals surface area contributed by atoms with Crippen molar-refractivity contribution in [3.05, 3.63) is 0 Å². The fourth-order valence-corrected chi connectivity index (χ4v) is 2.23. The Bertz CT molecular complexity index is 553. The molecule has 0 rings (SSSR count). The number of ketones is 1. The van der Waals surface area contributed by atoms with E-state index in [1.54, 1.807) is 18.9 Å². The van der Waals surface area contributed by atoms with Gasteiger partial charge in [0.15, 0.2) is 0 Å². The highest BCUT2D eigenvalue weighted by Gasteiger charge is 2.26. The largest absolute Gasteiger partial charge is 0.480 e. The number of carbonyl (C=O) groups excluding carboxylic acids is 3. The van der Waals surface area contributed by atoms with E-state index in [4.69, 9.17) is 15.9 Å². The molecule has 2 unspecified atom stereocenters. The molecular weight excluding hydrogens is 360 g/mol. The minimum Gasteiger partial charge on any atom is -0.480 e. The Hall–Kier alpha value is -2.53. The zero-order valence-corrected chi connectivity index (χ0v) is 15.6. The number of carbonyl (C=O) groups is 5. The summed E-state index contributed by atoms with van der Waals surface area (Å²) in [5, 5.41) is 21.7. The molecule has 2 amide bonds. The number of carboxylic acids is 2. The van der Waals surface area contributed by atoms with E-state index in [9.17, 15) is 24.0 Å².